The molecule has 1 N–H and O–H groups in total. The summed E-state index contributed by atoms with van der Waals surface area (Å²) in [5, 5.41) is 3.32. The number of hydrogen-bond acceptors (Lipinski definition) is 2. The van der Waals surface area contributed by atoms with E-state index in [1.54, 1.807) is 24.5 Å². The maximum Gasteiger partial charge on any atom is 0.258 e. The summed E-state index contributed by atoms with van der Waals surface area (Å²) in [4.78, 5) is 15.9. The first-order valence-corrected chi connectivity index (χ1v) is 6.08. The molecule has 2 aromatic rings. The van der Waals surface area contributed by atoms with Crippen molar-refractivity contribution in [2.75, 3.05) is 5.32 Å². The number of benzene rings is 1. The molecule has 0 aliphatic heterocycles. The molecule has 1 aromatic heterocycles. The molecule has 0 saturated heterocycles. The van der Waals surface area contributed by atoms with Gasteiger partial charge in [-0.15, -0.1) is 0 Å². The molecular weight excluding hydrogens is 295 g/mol. The first kappa shape index (κ1) is 13.1. The second-order valence-electron chi connectivity index (χ2n) is 3.41. The van der Waals surface area contributed by atoms with Crippen LogP contribution in [0.4, 0.5) is 5.69 Å². The first-order valence-electron chi connectivity index (χ1n) is 4.94. The van der Waals surface area contributed by atoms with Crippen molar-refractivity contribution in [1.29, 1.82) is 0 Å². The second kappa shape index (κ2) is 5.57. The summed E-state index contributed by atoms with van der Waals surface area (Å²) < 4.78 is 0. The molecule has 18 heavy (non-hydrogen) atoms. The monoisotopic (exact) mass is 300 g/mol. The third-order valence-electron chi connectivity index (χ3n) is 2.21. The van der Waals surface area contributed by atoms with Gasteiger partial charge in [0.25, 0.3) is 5.91 Å². The fourth-order valence-electron chi connectivity index (χ4n) is 1.36. The number of aromatic nitrogens is 1. The summed E-state index contributed by atoms with van der Waals surface area (Å²) >= 11 is 17.8. The number of carbonyl (C=O) groups is 1. The highest BCUT2D eigenvalue weighted by Gasteiger charge is 2.17. The number of nitrogens with one attached hydrogen (secondary N) is 1. The molecule has 92 valence electrons. The molecule has 1 aromatic carbocycles. The lowest BCUT2D eigenvalue weighted by Crippen LogP contribution is -2.13. The van der Waals surface area contributed by atoms with Crippen LogP contribution in [0.1, 0.15) is 10.4 Å². The predicted molar refractivity (Wildman–Crippen MR) is 73.7 cm³/mol. The van der Waals surface area contributed by atoms with E-state index in [2.05, 4.69) is 10.3 Å². The van der Waals surface area contributed by atoms with Crippen LogP contribution in [0.25, 0.3) is 0 Å². The molecule has 3 nitrogen and oxygen atoms in total. The van der Waals surface area contributed by atoms with Crippen molar-refractivity contribution in [3.05, 3.63) is 57.3 Å². The van der Waals surface area contributed by atoms with Crippen molar-refractivity contribution < 1.29 is 4.79 Å². The van der Waals surface area contributed by atoms with Crippen LogP contribution in [0, 0.1) is 0 Å². The molecule has 6 heteroatoms. The average Bonchev–Trinajstić information content (AvgIpc) is 2.36. The second-order valence-corrected chi connectivity index (χ2v) is 4.60. The lowest BCUT2D eigenvalue weighted by molar-refractivity contribution is 0.102. The summed E-state index contributed by atoms with van der Waals surface area (Å²) in [6.45, 7) is 0. The van der Waals surface area contributed by atoms with Gasteiger partial charge in [0.05, 0.1) is 20.6 Å². The van der Waals surface area contributed by atoms with E-state index >= 15 is 0 Å². The van der Waals surface area contributed by atoms with Gasteiger partial charge in [0.1, 0.15) is 0 Å². The molecule has 2 rings (SSSR count). The van der Waals surface area contributed by atoms with Crippen LogP contribution in [-0.2, 0) is 0 Å². The molecule has 0 aliphatic rings. The standard InChI is InChI=1S/C12H7Cl3N2O/c13-8-1-2-9(14)11(15)10(8)12(18)17-7-3-5-16-6-4-7/h1-6H,(H,16,17,18). The Morgan fingerprint density at radius 3 is 2.28 bits per heavy atom. The number of pyridine rings is 1. The van der Waals surface area contributed by atoms with Gasteiger partial charge in [0.15, 0.2) is 0 Å². The predicted octanol–water partition coefficient (Wildman–Crippen LogP) is 4.29. The summed E-state index contributed by atoms with van der Waals surface area (Å²) in [5.74, 6) is -0.418. The number of anilines is 1. The average molecular weight is 302 g/mol. The third-order valence-corrected chi connectivity index (χ3v) is 3.33. The highest BCUT2D eigenvalue weighted by atomic mass is 35.5. The SMILES string of the molecule is O=C(Nc1ccncc1)c1c(Cl)ccc(Cl)c1Cl. The van der Waals surface area contributed by atoms with Gasteiger partial charge >= 0.3 is 0 Å². The Morgan fingerprint density at radius 2 is 1.61 bits per heavy atom. The Labute approximate surface area is 119 Å². The highest BCUT2D eigenvalue weighted by molar-refractivity contribution is 6.46. The van der Waals surface area contributed by atoms with E-state index in [9.17, 15) is 4.79 Å². The first-order chi connectivity index (χ1) is 8.59. The summed E-state index contributed by atoms with van der Waals surface area (Å²) in [7, 11) is 0. The molecule has 0 bridgehead atoms. The Bertz CT molecular complexity index is 587. The van der Waals surface area contributed by atoms with E-state index in [0.29, 0.717) is 5.69 Å². The van der Waals surface area contributed by atoms with Crippen molar-refractivity contribution in [1.82, 2.24) is 4.98 Å². The summed E-state index contributed by atoms with van der Waals surface area (Å²) in [6.07, 6.45) is 3.13. The molecule has 1 heterocycles. The Balaban J connectivity index is 2.33. The molecule has 0 radical (unpaired) electrons. The number of rotatable bonds is 2. The van der Waals surface area contributed by atoms with Gasteiger partial charge in [-0.1, -0.05) is 34.8 Å². The molecule has 0 aliphatic carbocycles. The lowest BCUT2D eigenvalue weighted by atomic mass is 10.2. The maximum absolute atomic E-state index is 12.0. The number of carbonyl (C=O) groups excluding carboxylic acids is 1. The van der Waals surface area contributed by atoms with E-state index in [0.717, 1.165) is 0 Å². The van der Waals surface area contributed by atoms with E-state index in [4.69, 9.17) is 34.8 Å². The van der Waals surface area contributed by atoms with Crippen LogP contribution in [0.15, 0.2) is 36.7 Å². The van der Waals surface area contributed by atoms with Crippen molar-refractivity contribution in [2.24, 2.45) is 0 Å². The molecule has 0 fully saturated rings. The lowest BCUT2D eigenvalue weighted by Gasteiger charge is -2.09. The van der Waals surface area contributed by atoms with Gasteiger partial charge in [-0.05, 0) is 24.3 Å². The largest absolute Gasteiger partial charge is 0.322 e. The van der Waals surface area contributed by atoms with Crippen LogP contribution in [0.5, 0.6) is 0 Å². The van der Waals surface area contributed by atoms with Crippen LogP contribution in [-0.4, -0.2) is 10.9 Å². The van der Waals surface area contributed by atoms with Crippen molar-refractivity contribution in [2.45, 2.75) is 0 Å². The van der Waals surface area contributed by atoms with Gasteiger partial charge in [0.2, 0.25) is 0 Å². The summed E-state index contributed by atoms with van der Waals surface area (Å²) in [6, 6.07) is 6.38. The minimum absolute atomic E-state index is 0.135. The number of nitrogens with zero attached hydrogens (tertiary/aromatic N) is 1. The highest BCUT2D eigenvalue weighted by Crippen LogP contribution is 2.31. The number of hydrogen-bond donors (Lipinski definition) is 1. The number of amides is 1. The van der Waals surface area contributed by atoms with Crippen molar-refractivity contribution in [3.8, 4) is 0 Å². The van der Waals surface area contributed by atoms with E-state index in [1.165, 1.54) is 12.1 Å². The molecule has 0 spiro atoms. The van der Waals surface area contributed by atoms with E-state index < -0.39 is 5.91 Å². The Morgan fingerprint density at radius 1 is 1.00 bits per heavy atom. The van der Waals surface area contributed by atoms with E-state index in [-0.39, 0.29) is 20.6 Å². The van der Waals surface area contributed by atoms with E-state index in [1.807, 2.05) is 0 Å². The van der Waals surface area contributed by atoms with Gasteiger partial charge < -0.3 is 5.32 Å². The molecular formula is C12H7Cl3N2O. The maximum atomic E-state index is 12.0. The fraction of sp³-hybridized carbons (Fsp3) is 0. The van der Waals surface area contributed by atoms with Crippen LogP contribution in [0.2, 0.25) is 15.1 Å². The van der Waals surface area contributed by atoms with Crippen molar-refractivity contribution >= 4 is 46.4 Å². The van der Waals surface area contributed by atoms with Crippen molar-refractivity contribution in [3.63, 3.8) is 0 Å². The van der Waals surface area contributed by atoms with Gasteiger partial charge in [-0.3, -0.25) is 9.78 Å². The topological polar surface area (TPSA) is 42.0 Å². The van der Waals surface area contributed by atoms with Gasteiger partial charge in [0, 0.05) is 18.1 Å². The van der Waals surface area contributed by atoms with Crippen LogP contribution < -0.4 is 5.32 Å². The Hall–Kier alpha value is -1.29. The van der Waals surface area contributed by atoms with Gasteiger partial charge in [-0.25, -0.2) is 0 Å². The molecule has 0 saturated carbocycles. The zero-order chi connectivity index (χ0) is 13.1. The third kappa shape index (κ3) is 2.75. The quantitative estimate of drug-likeness (QED) is 0.841. The zero-order valence-electron chi connectivity index (χ0n) is 8.95. The number of halogens is 3. The minimum atomic E-state index is -0.418. The smallest absolute Gasteiger partial charge is 0.258 e. The normalized spacial score (nSPS) is 10.2. The van der Waals surface area contributed by atoms with Gasteiger partial charge in [-0.2, -0.15) is 0 Å². The Kier molecular flexibility index (Phi) is 4.07. The van der Waals surface area contributed by atoms with Crippen LogP contribution >= 0.6 is 34.8 Å². The molecule has 0 atom stereocenters. The zero-order valence-corrected chi connectivity index (χ0v) is 11.2. The summed E-state index contributed by atoms with van der Waals surface area (Å²) in [5.41, 5.74) is 0.754. The minimum Gasteiger partial charge on any atom is -0.322 e. The fourth-order valence-corrected chi connectivity index (χ4v) is 2.06. The van der Waals surface area contributed by atoms with Crippen LogP contribution in [0.3, 0.4) is 0 Å². The molecule has 0 unspecified atom stereocenters. The molecule has 1 amide bonds.